The highest BCUT2D eigenvalue weighted by molar-refractivity contribution is 5.95. The second-order valence-electron chi connectivity index (χ2n) is 5.85. The average Bonchev–Trinajstić information content (AvgIpc) is 2.74. The first-order valence-electron chi connectivity index (χ1n) is 8.46. The third-order valence-corrected chi connectivity index (χ3v) is 3.85. The monoisotopic (exact) mass is 375 g/mol. The van der Waals surface area contributed by atoms with Crippen LogP contribution in [0, 0.1) is 10.1 Å². The molecule has 0 bridgehead atoms. The lowest BCUT2D eigenvalue weighted by Crippen LogP contribution is -2.17. The van der Waals surface area contributed by atoms with Crippen LogP contribution in [0.4, 0.5) is 5.69 Å². The van der Waals surface area contributed by atoms with Crippen LogP contribution in [0.15, 0.2) is 84.0 Å². The minimum atomic E-state index is -0.521. The fraction of sp³-hybridized carbons (Fsp3) is 0.0476. The number of nitrogens with one attached hydrogen (secondary N) is 1. The molecule has 28 heavy (non-hydrogen) atoms. The van der Waals surface area contributed by atoms with Gasteiger partial charge in [-0.1, -0.05) is 30.3 Å². The van der Waals surface area contributed by atoms with Gasteiger partial charge in [-0.3, -0.25) is 14.9 Å². The molecule has 0 fully saturated rings. The Morgan fingerprint density at radius 2 is 1.68 bits per heavy atom. The number of nitro groups is 1. The Labute approximate surface area is 161 Å². The number of rotatable bonds is 7. The predicted octanol–water partition coefficient (Wildman–Crippen LogP) is 3.94. The molecule has 0 atom stereocenters. The van der Waals surface area contributed by atoms with E-state index >= 15 is 0 Å². The van der Waals surface area contributed by atoms with Crippen LogP contribution >= 0.6 is 0 Å². The van der Waals surface area contributed by atoms with Crippen molar-refractivity contribution < 1.29 is 14.5 Å². The molecule has 7 heteroatoms. The van der Waals surface area contributed by atoms with Crippen LogP contribution in [0.25, 0.3) is 0 Å². The smallest absolute Gasteiger partial charge is 0.271 e. The van der Waals surface area contributed by atoms with Gasteiger partial charge >= 0.3 is 0 Å². The summed E-state index contributed by atoms with van der Waals surface area (Å²) in [6.45, 7) is 0.486. The number of hydrazone groups is 1. The van der Waals surface area contributed by atoms with Crippen LogP contribution in [-0.4, -0.2) is 17.0 Å². The molecule has 0 saturated heterocycles. The first kappa shape index (κ1) is 18.8. The van der Waals surface area contributed by atoms with Gasteiger partial charge in [0.15, 0.2) is 0 Å². The van der Waals surface area contributed by atoms with E-state index in [4.69, 9.17) is 4.74 Å². The number of hydrogen-bond acceptors (Lipinski definition) is 5. The summed E-state index contributed by atoms with van der Waals surface area (Å²) in [6.07, 6.45) is 1.50. The van der Waals surface area contributed by atoms with E-state index in [1.54, 1.807) is 0 Å². The second-order valence-corrected chi connectivity index (χ2v) is 5.85. The molecule has 0 spiro atoms. The number of hydrogen-bond donors (Lipinski definition) is 1. The average molecular weight is 375 g/mol. The minimum absolute atomic E-state index is 0.0744. The van der Waals surface area contributed by atoms with Crippen LogP contribution < -0.4 is 10.2 Å². The molecule has 0 aromatic heterocycles. The molecule has 0 aliphatic carbocycles. The Kier molecular flexibility index (Phi) is 6.10. The standard InChI is InChI=1S/C21H17N3O4/c25-21(18-8-10-19(11-9-18)24(26)27)23-22-14-16-6-12-20(13-7-16)28-15-17-4-2-1-3-5-17/h1-14H,15H2,(H,23,25)/b22-14-. The largest absolute Gasteiger partial charge is 0.489 e. The Balaban J connectivity index is 1.51. The van der Waals surface area contributed by atoms with Crippen molar-refractivity contribution in [2.24, 2.45) is 5.10 Å². The summed E-state index contributed by atoms with van der Waals surface area (Å²) in [7, 11) is 0. The van der Waals surface area contributed by atoms with Crippen molar-refractivity contribution in [1.82, 2.24) is 5.43 Å². The van der Waals surface area contributed by atoms with Crippen molar-refractivity contribution in [2.45, 2.75) is 6.61 Å². The lowest BCUT2D eigenvalue weighted by Gasteiger charge is -2.06. The maximum atomic E-state index is 12.0. The van der Waals surface area contributed by atoms with Gasteiger partial charge in [0.1, 0.15) is 12.4 Å². The zero-order valence-corrected chi connectivity index (χ0v) is 14.8. The van der Waals surface area contributed by atoms with Gasteiger partial charge in [-0.05, 0) is 47.5 Å². The van der Waals surface area contributed by atoms with E-state index in [2.05, 4.69) is 10.5 Å². The van der Waals surface area contributed by atoms with Crippen LogP contribution in [-0.2, 0) is 6.61 Å². The van der Waals surface area contributed by atoms with Gasteiger partial charge in [0.05, 0.1) is 11.1 Å². The maximum Gasteiger partial charge on any atom is 0.271 e. The molecule has 0 saturated carbocycles. The van der Waals surface area contributed by atoms with Crippen molar-refractivity contribution in [3.8, 4) is 5.75 Å². The molecule has 0 unspecified atom stereocenters. The lowest BCUT2D eigenvalue weighted by atomic mass is 10.2. The van der Waals surface area contributed by atoms with Gasteiger partial charge in [0.2, 0.25) is 0 Å². The number of nitro benzene ring substituents is 1. The van der Waals surface area contributed by atoms with Crippen LogP contribution in [0.2, 0.25) is 0 Å². The summed E-state index contributed by atoms with van der Waals surface area (Å²) in [6, 6.07) is 22.5. The van der Waals surface area contributed by atoms with Crippen molar-refractivity contribution in [1.29, 1.82) is 0 Å². The molecular formula is C21H17N3O4. The summed E-state index contributed by atoms with van der Waals surface area (Å²) >= 11 is 0. The van der Waals surface area contributed by atoms with Gasteiger partial charge in [-0.25, -0.2) is 5.43 Å². The van der Waals surface area contributed by atoms with Crippen molar-refractivity contribution in [3.05, 3.63) is 106 Å². The maximum absolute atomic E-state index is 12.0. The zero-order chi connectivity index (χ0) is 19.8. The topological polar surface area (TPSA) is 93.8 Å². The molecule has 3 rings (SSSR count). The predicted molar refractivity (Wildman–Crippen MR) is 105 cm³/mol. The Bertz CT molecular complexity index is 969. The number of amides is 1. The van der Waals surface area contributed by atoms with Gasteiger partial charge in [0.25, 0.3) is 11.6 Å². The number of ether oxygens (including phenoxy) is 1. The Morgan fingerprint density at radius 1 is 1.00 bits per heavy atom. The molecule has 0 heterocycles. The first-order valence-corrected chi connectivity index (χ1v) is 8.46. The lowest BCUT2D eigenvalue weighted by molar-refractivity contribution is -0.384. The van der Waals surface area contributed by atoms with Gasteiger partial charge < -0.3 is 4.74 Å². The number of nitrogens with zero attached hydrogens (tertiary/aromatic N) is 2. The van der Waals surface area contributed by atoms with Crippen molar-refractivity contribution in [3.63, 3.8) is 0 Å². The minimum Gasteiger partial charge on any atom is -0.489 e. The molecule has 140 valence electrons. The van der Waals surface area contributed by atoms with E-state index in [0.29, 0.717) is 6.61 Å². The van der Waals surface area contributed by atoms with E-state index < -0.39 is 10.8 Å². The first-order chi connectivity index (χ1) is 13.6. The summed E-state index contributed by atoms with van der Waals surface area (Å²) in [5, 5.41) is 14.5. The second kappa shape index (κ2) is 9.09. The van der Waals surface area contributed by atoms with E-state index in [-0.39, 0.29) is 11.3 Å². The van der Waals surface area contributed by atoms with Gasteiger partial charge in [0, 0.05) is 17.7 Å². The Morgan fingerprint density at radius 3 is 2.32 bits per heavy atom. The van der Waals surface area contributed by atoms with E-state index in [9.17, 15) is 14.9 Å². The Hall–Kier alpha value is -4.00. The molecule has 1 amide bonds. The van der Waals surface area contributed by atoms with E-state index in [1.165, 1.54) is 30.5 Å². The molecule has 0 aliphatic heterocycles. The summed E-state index contributed by atoms with van der Waals surface area (Å²) in [5.41, 5.74) is 4.47. The summed E-state index contributed by atoms with van der Waals surface area (Å²) < 4.78 is 5.71. The number of benzene rings is 3. The molecule has 3 aromatic carbocycles. The highest BCUT2D eigenvalue weighted by Gasteiger charge is 2.08. The quantitative estimate of drug-likeness (QED) is 0.384. The molecular weight excluding hydrogens is 358 g/mol. The summed E-state index contributed by atoms with van der Waals surface area (Å²) in [5.74, 6) is 0.282. The van der Waals surface area contributed by atoms with Gasteiger partial charge in [-0.2, -0.15) is 5.10 Å². The molecule has 0 radical (unpaired) electrons. The van der Waals surface area contributed by atoms with Crippen molar-refractivity contribution in [2.75, 3.05) is 0 Å². The third-order valence-electron chi connectivity index (χ3n) is 3.85. The number of carbonyl (C=O) groups is 1. The van der Waals surface area contributed by atoms with E-state index in [1.807, 2.05) is 54.6 Å². The van der Waals surface area contributed by atoms with Crippen molar-refractivity contribution >= 4 is 17.8 Å². The van der Waals surface area contributed by atoms with Crippen LogP contribution in [0.5, 0.6) is 5.75 Å². The number of carbonyl (C=O) groups excluding carboxylic acids is 1. The number of non-ortho nitro benzene ring substituents is 1. The molecule has 3 aromatic rings. The van der Waals surface area contributed by atoms with Crippen LogP contribution in [0.3, 0.4) is 0 Å². The van der Waals surface area contributed by atoms with E-state index in [0.717, 1.165) is 16.9 Å². The highest BCUT2D eigenvalue weighted by Crippen LogP contribution is 2.14. The SMILES string of the molecule is O=C(N/N=C\c1ccc(OCc2ccccc2)cc1)c1ccc([N+](=O)[O-])cc1. The fourth-order valence-corrected chi connectivity index (χ4v) is 2.36. The third kappa shape index (κ3) is 5.25. The molecule has 0 aliphatic rings. The summed E-state index contributed by atoms with van der Waals surface area (Å²) in [4.78, 5) is 22.1. The molecule has 1 N–H and O–H groups in total. The highest BCUT2D eigenvalue weighted by atomic mass is 16.6. The zero-order valence-electron chi connectivity index (χ0n) is 14.8. The van der Waals surface area contributed by atoms with Crippen LogP contribution in [0.1, 0.15) is 21.5 Å². The van der Waals surface area contributed by atoms with Gasteiger partial charge in [-0.15, -0.1) is 0 Å². The normalized spacial score (nSPS) is 10.6. The fourth-order valence-electron chi connectivity index (χ4n) is 2.36. The molecule has 7 nitrogen and oxygen atoms in total.